The van der Waals surface area contributed by atoms with Crippen LogP contribution in [0.1, 0.15) is 37.8 Å². The van der Waals surface area contributed by atoms with E-state index in [9.17, 15) is 0 Å². The molecule has 0 radical (unpaired) electrons. The van der Waals surface area contributed by atoms with Crippen molar-refractivity contribution in [2.24, 2.45) is 0 Å². The maximum atomic E-state index is 5.70. The van der Waals surface area contributed by atoms with Gasteiger partial charge in [0, 0.05) is 19.8 Å². The van der Waals surface area contributed by atoms with E-state index in [2.05, 4.69) is 30.8 Å². The van der Waals surface area contributed by atoms with E-state index in [4.69, 9.17) is 13.6 Å². The van der Waals surface area contributed by atoms with Crippen LogP contribution in [0.4, 0.5) is 0 Å². The van der Waals surface area contributed by atoms with Crippen molar-refractivity contribution in [2.75, 3.05) is 19.8 Å². The van der Waals surface area contributed by atoms with Gasteiger partial charge in [-0.2, -0.15) is 0 Å². The monoisotopic (exact) mass is 308 g/mol. The van der Waals surface area contributed by atoms with Crippen LogP contribution in [0.2, 0.25) is 6.04 Å². The smallest absolute Gasteiger partial charge is 0.321 e. The van der Waals surface area contributed by atoms with Crippen molar-refractivity contribution in [1.29, 1.82) is 0 Å². The van der Waals surface area contributed by atoms with Crippen LogP contribution in [-0.4, -0.2) is 29.1 Å². The first-order valence-corrected chi connectivity index (χ1v) is 9.58. The first-order valence-electron chi connectivity index (χ1n) is 7.82. The molecule has 0 atom stereocenters. The molecule has 0 N–H and O–H groups in total. The standard InChI is InChI=1S/C17H28O3Si/c1-4-16-9-11-17(12-10-16)15-18-13-7-8-14-21(19-5-2)20-6-3/h4,9-12,21H,1,5-8,13-15H2,2-3H3. The molecule has 0 aromatic heterocycles. The van der Waals surface area contributed by atoms with Gasteiger partial charge in [-0.25, -0.2) is 0 Å². The highest BCUT2D eigenvalue weighted by atomic mass is 28.3. The number of hydrogen-bond donors (Lipinski definition) is 0. The molecule has 0 aliphatic carbocycles. The Kier molecular flexibility index (Phi) is 10.1. The molecule has 3 nitrogen and oxygen atoms in total. The molecule has 118 valence electrons. The third-order valence-electron chi connectivity index (χ3n) is 3.17. The van der Waals surface area contributed by atoms with Crippen LogP contribution in [0, 0.1) is 0 Å². The maximum Gasteiger partial charge on any atom is 0.321 e. The van der Waals surface area contributed by atoms with Gasteiger partial charge in [-0.05, 0) is 43.9 Å². The van der Waals surface area contributed by atoms with Crippen molar-refractivity contribution < 1.29 is 13.6 Å². The van der Waals surface area contributed by atoms with Crippen LogP contribution in [0.5, 0.6) is 0 Å². The van der Waals surface area contributed by atoms with E-state index in [1.54, 1.807) is 0 Å². The van der Waals surface area contributed by atoms with Crippen LogP contribution >= 0.6 is 0 Å². The average Bonchev–Trinajstić information content (AvgIpc) is 2.51. The van der Waals surface area contributed by atoms with E-state index in [1.807, 2.05) is 19.9 Å². The Morgan fingerprint density at radius 1 is 1.05 bits per heavy atom. The molecule has 1 aromatic rings. The molecule has 0 saturated heterocycles. The molecule has 0 fully saturated rings. The first kappa shape index (κ1) is 18.1. The van der Waals surface area contributed by atoms with Crippen LogP contribution in [0.25, 0.3) is 6.08 Å². The van der Waals surface area contributed by atoms with Crippen molar-refractivity contribution >= 4 is 15.4 Å². The molecule has 0 aliphatic heterocycles. The summed E-state index contributed by atoms with van der Waals surface area (Å²) in [5.74, 6) is 0. The fraction of sp³-hybridized carbons (Fsp3) is 0.529. The van der Waals surface area contributed by atoms with Gasteiger partial charge in [0.2, 0.25) is 0 Å². The highest BCUT2D eigenvalue weighted by molar-refractivity contribution is 6.44. The minimum absolute atomic E-state index is 0.676. The fourth-order valence-corrected chi connectivity index (χ4v) is 3.84. The summed E-state index contributed by atoms with van der Waals surface area (Å²) in [6, 6.07) is 9.37. The third kappa shape index (κ3) is 8.17. The molecule has 0 spiro atoms. The highest BCUT2D eigenvalue weighted by Gasteiger charge is 2.10. The fourth-order valence-electron chi connectivity index (χ4n) is 2.04. The molecule has 0 heterocycles. The summed E-state index contributed by atoms with van der Waals surface area (Å²) >= 11 is 0. The number of benzene rings is 1. The van der Waals surface area contributed by atoms with Gasteiger partial charge in [-0.3, -0.25) is 0 Å². The summed E-state index contributed by atoms with van der Waals surface area (Å²) < 4.78 is 17.0. The third-order valence-corrected chi connectivity index (χ3v) is 5.46. The summed E-state index contributed by atoms with van der Waals surface area (Å²) in [4.78, 5) is 0. The Hall–Kier alpha value is -0.943. The second kappa shape index (κ2) is 11.7. The Bertz CT molecular complexity index is 372. The number of rotatable bonds is 12. The topological polar surface area (TPSA) is 27.7 Å². The summed E-state index contributed by atoms with van der Waals surface area (Å²) in [5.41, 5.74) is 2.35. The lowest BCUT2D eigenvalue weighted by Crippen LogP contribution is -2.22. The largest absolute Gasteiger partial charge is 0.397 e. The second-order valence-corrected chi connectivity index (χ2v) is 6.94. The van der Waals surface area contributed by atoms with Crippen LogP contribution in [0.3, 0.4) is 0 Å². The predicted molar refractivity (Wildman–Crippen MR) is 90.6 cm³/mol. The van der Waals surface area contributed by atoms with Gasteiger partial charge in [0.15, 0.2) is 0 Å². The van der Waals surface area contributed by atoms with E-state index in [1.165, 1.54) is 5.56 Å². The van der Waals surface area contributed by atoms with E-state index in [0.717, 1.165) is 44.3 Å². The van der Waals surface area contributed by atoms with Gasteiger partial charge in [0.05, 0.1) is 6.61 Å². The van der Waals surface area contributed by atoms with Crippen LogP contribution < -0.4 is 0 Å². The summed E-state index contributed by atoms with van der Waals surface area (Å²) in [6.45, 7) is 10.8. The Morgan fingerprint density at radius 3 is 2.29 bits per heavy atom. The normalized spacial score (nSPS) is 11.0. The van der Waals surface area contributed by atoms with Crippen molar-refractivity contribution in [3.05, 3.63) is 42.0 Å². The molecule has 0 saturated carbocycles. The Morgan fingerprint density at radius 2 is 1.71 bits per heavy atom. The summed E-state index contributed by atoms with van der Waals surface area (Å²) in [5, 5.41) is 0. The van der Waals surface area contributed by atoms with Gasteiger partial charge in [0.25, 0.3) is 0 Å². The van der Waals surface area contributed by atoms with Crippen LogP contribution in [0.15, 0.2) is 30.8 Å². The van der Waals surface area contributed by atoms with Crippen molar-refractivity contribution in [3.63, 3.8) is 0 Å². The Balaban J connectivity index is 2.09. The lowest BCUT2D eigenvalue weighted by Gasteiger charge is -2.14. The van der Waals surface area contributed by atoms with E-state index >= 15 is 0 Å². The molecule has 1 aromatic carbocycles. The van der Waals surface area contributed by atoms with Crippen molar-refractivity contribution in [2.45, 2.75) is 39.3 Å². The minimum Gasteiger partial charge on any atom is -0.397 e. The van der Waals surface area contributed by atoms with Crippen molar-refractivity contribution in [3.8, 4) is 0 Å². The van der Waals surface area contributed by atoms with E-state index in [0.29, 0.717) is 6.61 Å². The van der Waals surface area contributed by atoms with Gasteiger partial charge in [-0.1, -0.05) is 36.9 Å². The van der Waals surface area contributed by atoms with Crippen molar-refractivity contribution in [1.82, 2.24) is 0 Å². The molecular weight excluding hydrogens is 280 g/mol. The zero-order valence-electron chi connectivity index (χ0n) is 13.3. The molecule has 4 heteroatoms. The molecule has 0 bridgehead atoms. The lowest BCUT2D eigenvalue weighted by atomic mass is 10.1. The number of ether oxygens (including phenoxy) is 1. The summed E-state index contributed by atoms with van der Waals surface area (Å²) in [7, 11) is -1.42. The summed E-state index contributed by atoms with van der Waals surface area (Å²) in [6.07, 6.45) is 4.03. The average molecular weight is 308 g/mol. The Labute approximate surface area is 130 Å². The predicted octanol–water partition coefficient (Wildman–Crippen LogP) is 3.92. The zero-order chi connectivity index (χ0) is 15.3. The molecule has 21 heavy (non-hydrogen) atoms. The van der Waals surface area contributed by atoms with E-state index in [-0.39, 0.29) is 0 Å². The first-order chi connectivity index (χ1) is 10.3. The molecule has 1 rings (SSSR count). The lowest BCUT2D eigenvalue weighted by molar-refractivity contribution is 0.117. The zero-order valence-corrected chi connectivity index (χ0v) is 14.5. The number of hydrogen-bond acceptors (Lipinski definition) is 3. The van der Waals surface area contributed by atoms with E-state index < -0.39 is 9.28 Å². The molecule has 0 aliphatic rings. The molecular formula is C17H28O3Si. The van der Waals surface area contributed by atoms with Gasteiger partial charge >= 0.3 is 9.28 Å². The number of unbranched alkanes of at least 4 members (excludes halogenated alkanes) is 1. The van der Waals surface area contributed by atoms with Gasteiger partial charge in [-0.15, -0.1) is 0 Å². The van der Waals surface area contributed by atoms with Crippen LogP contribution in [-0.2, 0) is 20.2 Å². The van der Waals surface area contributed by atoms with Gasteiger partial charge in [0.1, 0.15) is 0 Å². The maximum absolute atomic E-state index is 5.70. The quantitative estimate of drug-likeness (QED) is 0.433. The minimum atomic E-state index is -1.42. The second-order valence-electron chi connectivity index (χ2n) is 4.83. The molecule has 0 unspecified atom stereocenters. The van der Waals surface area contributed by atoms with Gasteiger partial charge < -0.3 is 13.6 Å². The SMILES string of the molecule is C=Cc1ccc(COCCCC[SiH](OCC)OCC)cc1. The highest BCUT2D eigenvalue weighted by Crippen LogP contribution is 2.08. The molecule has 0 amide bonds.